The monoisotopic (exact) mass is 641 g/mol. The van der Waals surface area contributed by atoms with E-state index in [1.165, 1.54) is 21.8 Å². The Bertz CT molecular complexity index is 1530. The summed E-state index contributed by atoms with van der Waals surface area (Å²) in [6, 6.07) is 3.46. The topological polar surface area (TPSA) is 96.7 Å². The van der Waals surface area contributed by atoms with E-state index < -0.39 is 35.6 Å². The molecule has 0 N–H and O–H groups in total. The quantitative estimate of drug-likeness (QED) is 0.355. The van der Waals surface area contributed by atoms with E-state index in [4.69, 9.17) is 27.9 Å². The second kappa shape index (κ2) is 11.6. The average Bonchev–Trinajstić information content (AvgIpc) is 3.57. The Morgan fingerprint density at radius 3 is 2.40 bits per heavy atom. The first kappa shape index (κ1) is 31.1. The SMILES string of the molecule is CC(c1ccc(Cl)cc1Cl)n1nc(C(F)(F)F)c2ncc(N3CCN(C(=O)[C@H]4CCCN4C(=O)OC(C)(C)C)CC3)nc21. The number of hydrogen-bond acceptors (Lipinski definition) is 7. The average molecular weight is 643 g/mol. The standard InChI is InChI=1S/C28H32Cl2F3N7O3/c1-16(18-8-7-17(29)14-19(18)30)40-24-22(23(36-40)28(31,32)33)34-15-21(35-24)37-10-12-38(13-11-37)25(41)20-6-5-9-39(20)26(42)43-27(2,3)4/h7-8,14-16,20H,5-6,9-13H2,1-4H3/t16?,20-/m1/s1. The van der Waals surface area contributed by atoms with Crippen molar-refractivity contribution >= 4 is 52.2 Å². The van der Waals surface area contributed by atoms with Crippen LogP contribution in [-0.2, 0) is 15.7 Å². The van der Waals surface area contributed by atoms with Crippen molar-refractivity contribution in [3.63, 3.8) is 0 Å². The van der Waals surface area contributed by atoms with Crippen molar-refractivity contribution in [3.8, 4) is 0 Å². The zero-order valence-electron chi connectivity index (χ0n) is 24.2. The number of likely N-dealkylation sites (tertiary alicyclic amines) is 1. The third-order valence-corrected chi connectivity index (χ3v) is 8.08. The van der Waals surface area contributed by atoms with Gasteiger partial charge in [0.15, 0.2) is 11.3 Å². The molecule has 232 valence electrons. The fraction of sp³-hybridized carbons (Fsp3) is 0.536. The van der Waals surface area contributed by atoms with Crippen molar-refractivity contribution in [2.75, 3.05) is 37.6 Å². The molecule has 0 bridgehead atoms. The van der Waals surface area contributed by atoms with Crippen molar-refractivity contribution in [2.24, 2.45) is 0 Å². The van der Waals surface area contributed by atoms with Crippen molar-refractivity contribution in [2.45, 2.75) is 64.4 Å². The van der Waals surface area contributed by atoms with Gasteiger partial charge in [0.25, 0.3) is 0 Å². The minimum absolute atomic E-state index is 0.0409. The summed E-state index contributed by atoms with van der Waals surface area (Å²) in [6.45, 7) is 8.92. The van der Waals surface area contributed by atoms with Crippen molar-refractivity contribution < 1.29 is 27.5 Å². The summed E-state index contributed by atoms with van der Waals surface area (Å²) in [6.07, 6.45) is -2.69. The zero-order valence-corrected chi connectivity index (χ0v) is 25.7. The molecule has 2 aliphatic rings. The predicted molar refractivity (Wildman–Crippen MR) is 155 cm³/mol. The molecule has 2 aromatic heterocycles. The molecule has 2 aliphatic heterocycles. The summed E-state index contributed by atoms with van der Waals surface area (Å²) >= 11 is 12.4. The number of ether oxygens (including phenoxy) is 1. The Morgan fingerprint density at radius 1 is 1.07 bits per heavy atom. The van der Waals surface area contributed by atoms with Crippen LogP contribution >= 0.6 is 23.2 Å². The van der Waals surface area contributed by atoms with E-state index in [0.29, 0.717) is 62.0 Å². The number of hydrogen-bond donors (Lipinski definition) is 0. The number of carbonyl (C=O) groups is 2. The number of carbonyl (C=O) groups excluding carboxylic acids is 2. The highest BCUT2D eigenvalue weighted by molar-refractivity contribution is 6.35. The first-order valence-corrected chi connectivity index (χ1v) is 14.7. The van der Waals surface area contributed by atoms with Crippen LogP contribution in [0.4, 0.5) is 23.8 Å². The summed E-state index contributed by atoms with van der Waals surface area (Å²) < 4.78 is 48.4. The second-order valence-electron chi connectivity index (χ2n) is 11.7. The highest BCUT2D eigenvalue weighted by Gasteiger charge is 2.41. The van der Waals surface area contributed by atoms with Crippen LogP contribution < -0.4 is 4.90 Å². The molecule has 5 rings (SSSR count). The van der Waals surface area contributed by atoms with E-state index in [9.17, 15) is 22.8 Å². The number of nitrogens with zero attached hydrogens (tertiary/aromatic N) is 7. The molecular weight excluding hydrogens is 610 g/mol. The smallest absolute Gasteiger partial charge is 0.437 e. The summed E-state index contributed by atoms with van der Waals surface area (Å²) in [7, 11) is 0. The van der Waals surface area contributed by atoms with Gasteiger partial charge in [-0.15, -0.1) is 0 Å². The molecule has 2 saturated heterocycles. The highest BCUT2D eigenvalue weighted by Crippen LogP contribution is 2.36. The van der Waals surface area contributed by atoms with Gasteiger partial charge < -0.3 is 14.5 Å². The molecule has 0 spiro atoms. The number of benzene rings is 1. The molecule has 0 aliphatic carbocycles. The van der Waals surface area contributed by atoms with Crippen LogP contribution in [0.3, 0.4) is 0 Å². The molecule has 0 saturated carbocycles. The van der Waals surface area contributed by atoms with Gasteiger partial charge in [0.05, 0.1) is 12.2 Å². The van der Waals surface area contributed by atoms with Gasteiger partial charge in [-0.25, -0.2) is 19.4 Å². The molecule has 2 amide bonds. The summed E-state index contributed by atoms with van der Waals surface area (Å²) in [4.78, 5) is 39.8. The number of rotatable bonds is 4. The predicted octanol–water partition coefficient (Wildman–Crippen LogP) is 5.81. The van der Waals surface area contributed by atoms with E-state index >= 15 is 0 Å². The number of fused-ring (bicyclic) bond motifs is 1. The summed E-state index contributed by atoms with van der Waals surface area (Å²) in [5.74, 6) is 0.214. The molecule has 4 heterocycles. The number of halogens is 5. The lowest BCUT2D eigenvalue weighted by molar-refractivity contribution is -0.140. The van der Waals surface area contributed by atoms with E-state index in [1.54, 1.807) is 44.7 Å². The van der Waals surface area contributed by atoms with E-state index in [2.05, 4.69) is 15.1 Å². The van der Waals surface area contributed by atoms with Crippen LogP contribution in [0, 0.1) is 0 Å². The first-order valence-electron chi connectivity index (χ1n) is 13.9. The minimum atomic E-state index is -4.75. The molecule has 1 aromatic carbocycles. The third kappa shape index (κ3) is 6.47. The normalized spacial score (nSPS) is 18.8. The molecule has 15 heteroatoms. The minimum Gasteiger partial charge on any atom is -0.444 e. The van der Waals surface area contributed by atoms with Gasteiger partial charge in [-0.2, -0.15) is 18.3 Å². The van der Waals surface area contributed by atoms with E-state index in [0.717, 1.165) is 0 Å². The molecule has 2 atom stereocenters. The number of alkyl halides is 3. The Hall–Kier alpha value is -3.32. The van der Waals surface area contributed by atoms with Gasteiger partial charge in [0.1, 0.15) is 23.0 Å². The number of aromatic nitrogens is 4. The number of amides is 2. The fourth-order valence-electron chi connectivity index (χ4n) is 5.41. The van der Waals surface area contributed by atoms with Crippen LogP contribution in [0.2, 0.25) is 10.0 Å². The molecule has 10 nitrogen and oxygen atoms in total. The Labute approximate surface area is 256 Å². The Kier molecular flexibility index (Phi) is 8.42. The highest BCUT2D eigenvalue weighted by atomic mass is 35.5. The van der Waals surface area contributed by atoms with Crippen LogP contribution in [0.5, 0.6) is 0 Å². The van der Waals surface area contributed by atoms with Crippen molar-refractivity contribution in [1.82, 2.24) is 29.5 Å². The molecule has 0 radical (unpaired) electrons. The first-order chi connectivity index (χ1) is 20.1. The van der Waals surface area contributed by atoms with E-state index in [1.807, 2.05) is 4.90 Å². The van der Waals surface area contributed by atoms with Gasteiger partial charge in [0.2, 0.25) is 5.91 Å². The lowest BCUT2D eigenvalue weighted by Gasteiger charge is -2.37. The number of piperazine rings is 1. The van der Waals surface area contributed by atoms with Gasteiger partial charge in [-0.05, 0) is 58.2 Å². The Morgan fingerprint density at radius 2 is 1.77 bits per heavy atom. The van der Waals surface area contributed by atoms with Gasteiger partial charge in [-0.1, -0.05) is 29.3 Å². The maximum atomic E-state index is 13.9. The van der Waals surface area contributed by atoms with Crippen LogP contribution in [0.1, 0.15) is 57.8 Å². The molecule has 43 heavy (non-hydrogen) atoms. The van der Waals surface area contributed by atoms with Gasteiger partial charge in [-0.3, -0.25) is 9.69 Å². The van der Waals surface area contributed by atoms with Gasteiger partial charge in [0, 0.05) is 42.8 Å². The van der Waals surface area contributed by atoms with Crippen LogP contribution in [0.15, 0.2) is 24.4 Å². The second-order valence-corrected chi connectivity index (χ2v) is 12.5. The van der Waals surface area contributed by atoms with Crippen molar-refractivity contribution in [1.29, 1.82) is 0 Å². The van der Waals surface area contributed by atoms with Crippen molar-refractivity contribution in [3.05, 3.63) is 45.7 Å². The zero-order chi connectivity index (χ0) is 31.3. The lowest BCUT2D eigenvalue weighted by Crippen LogP contribution is -2.55. The molecule has 3 aromatic rings. The third-order valence-electron chi connectivity index (χ3n) is 7.52. The Balaban J connectivity index is 1.36. The van der Waals surface area contributed by atoms with Crippen LogP contribution in [0.25, 0.3) is 11.2 Å². The maximum Gasteiger partial charge on any atom is 0.437 e. The summed E-state index contributed by atoms with van der Waals surface area (Å²) in [5, 5.41) is 4.55. The van der Waals surface area contributed by atoms with E-state index in [-0.39, 0.29) is 22.1 Å². The summed E-state index contributed by atoms with van der Waals surface area (Å²) in [5.41, 5.74) is -1.70. The molecular formula is C28H32Cl2F3N7O3. The van der Waals surface area contributed by atoms with Gasteiger partial charge >= 0.3 is 12.3 Å². The number of anilines is 1. The largest absolute Gasteiger partial charge is 0.444 e. The maximum absolute atomic E-state index is 13.9. The van der Waals surface area contributed by atoms with Crippen LogP contribution in [-0.4, -0.2) is 85.9 Å². The lowest BCUT2D eigenvalue weighted by atomic mass is 10.1. The molecule has 2 fully saturated rings. The fourth-order valence-corrected chi connectivity index (χ4v) is 5.98. The molecule has 1 unspecified atom stereocenters.